The van der Waals surface area contributed by atoms with Crippen LogP contribution in [0.2, 0.25) is 0 Å². The molecule has 7 heteroatoms. The van der Waals surface area contributed by atoms with Crippen LogP contribution in [0.25, 0.3) is 0 Å². The van der Waals surface area contributed by atoms with Crippen molar-refractivity contribution in [3.05, 3.63) is 35.9 Å². The van der Waals surface area contributed by atoms with Crippen molar-refractivity contribution in [1.29, 1.82) is 0 Å². The summed E-state index contributed by atoms with van der Waals surface area (Å²) in [7, 11) is 0. The highest BCUT2D eigenvalue weighted by Crippen LogP contribution is 2.36. The minimum absolute atomic E-state index is 0.0598. The number of aliphatic carboxylic acids is 1. The Labute approximate surface area is 159 Å². The molecule has 0 atom stereocenters. The van der Waals surface area contributed by atoms with Crippen LogP contribution in [-0.4, -0.2) is 41.4 Å². The molecule has 1 heterocycles. The van der Waals surface area contributed by atoms with Crippen LogP contribution in [0.1, 0.15) is 56.4 Å². The molecule has 7 nitrogen and oxygen atoms in total. The van der Waals surface area contributed by atoms with Crippen LogP contribution >= 0.6 is 0 Å². The Morgan fingerprint density at radius 2 is 1.67 bits per heavy atom. The smallest absolute Gasteiger partial charge is 0.310 e. The van der Waals surface area contributed by atoms with Crippen LogP contribution in [0.3, 0.4) is 0 Å². The average Bonchev–Trinajstić information content (AvgIpc) is 2.71. The molecule has 150 valence electrons. The van der Waals surface area contributed by atoms with Crippen molar-refractivity contribution in [2.75, 3.05) is 13.2 Å². The lowest BCUT2D eigenvalue weighted by molar-refractivity contribution is -0.158. The lowest BCUT2D eigenvalue weighted by Crippen LogP contribution is -2.44. The molecule has 1 saturated carbocycles. The third-order valence-electron chi connectivity index (χ3n) is 5.77. The Morgan fingerprint density at radius 3 is 2.22 bits per heavy atom. The van der Waals surface area contributed by atoms with Crippen LogP contribution in [-0.2, 0) is 14.3 Å². The van der Waals surface area contributed by atoms with Gasteiger partial charge in [0.15, 0.2) is 0 Å². The lowest BCUT2D eigenvalue weighted by Gasteiger charge is -2.34. The molecule has 1 aliphatic carbocycles. The zero-order chi connectivity index (χ0) is 19.7. The van der Waals surface area contributed by atoms with Crippen LogP contribution in [0.5, 0.6) is 0 Å². The van der Waals surface area contributed by atoms with E-state index in [9.17, 15) is 14.7 Å². The summed E-state index contributed by atoms with van der Waals surface area (Å²) in [6.07, 6.45) is 4.92. The number of ether oxygens (including phenoxy) is 1. The van der Waals surface area contributed by atoms with E-state index in [2.05, 4.69) is 35.5 Å². The first-order valence-corrected chi connectivity index (χ1v) is 9.50. The Bertz CT molecular complexity index is 594. The maximum absolute atomic E-state index is 12.4. The predicted molar refractivity (Wildman–Crippen MR) is 100 cm³/mol. The lowest BCUT2D eigenvalue weighted by atomic mass is 9.76. The van der Waals surface area contributed by atoms with E-state index in [1.807, 2.05) is 6.07 Å². The molecule has 2 fully saturated rings. The van der Waals surface area contributed by atoms with E-state index < -0.39 is 11.4 Å². The summed E-state index contributed by atoms with van der Waals surface area (Å²) >= 11 is 0. The average molecular weight is 378 g/mol. The number of benzene rings is 1. The molecule has 1 aromatic carbocycles. The van der Waals surface area contributed by atoms with Gasteiger partial charge in [0.25, 0.3) is 0 Å². The highest BCUT2D eigenvalue weighted by molar-refractivity contribution is 5.85. The third kappa shape index (κ3) is 5.76. The summed E-state index contributed by atoms with van der Waals surface area (Å²) in [5, 5.41) is 19.1. The van der Waals surface area contributed by atoms with Gasteiger partial charge in [-0.2, -0.15) is 0 Å². The van der Waals surface area contributed by atoms with Gasteiger partial charge in [0.1, 0.15) is 0 Å². The number of carbonyl (C=O) groups is 2. The number of hydrogen-bond donors (Lipinski definition) is 4. The highest BCUT2D eigenvalue weighted by Gasteiger charge is 2.42. The van der Waals surface area contributed by atoms with E-state index in [1.165, 1.54) is 5.56 Å². The summed E-state index contributed by atoms with van der Waals surface area (Å²) in [6, 6.07) is 10.7. The Morgan fingerprint density at radius 1 is 1.07 bits per heavy atom. The van der Waals surface area contributed by atoms with E-state index in [0.717, 1.165) is 25.7 Å². The van der Waals surface area contributed by atoms with Crippen molar-refractivity contribution in [2.45, 2.75) is 56.9 Å². The van der Waals surface area contributed by atoms with Gasteiger partial charge in [-0.15, -0.1) is 0 Å². The highest BCUT2D eigenvalue weighted by atomic mass is 16.5. The minimum atomic E-state index is -0.955. The monoisotopic (exact) mass is 378 g/mol. The molecule has 0 bridgehead atoms. The van der Waals surface area contributed by atoms with Crippen molar-refractivity contribution in [3.8, 4) is 0 Å². The first kappa shape index (κ1) is 21.3. The topological polar surface area (TPSA) is 122 Å². The van der Waals surface area contributed by atoms with E-state index in [0.29, 0.717) is 32.0 Å². The second kappa shape index (κ2) is 10.4. The molecule has 1 aliphatic heterocycles. The molecule has 2 aliphatic rings. The van der Waals surface area contributed by atoms with Crippen LogP contribution in [0, 0.1) is 5.41 Å². The maximum Gasteiger partial charge on any atom is 0.310 e. The number of carboxylic acid groups (broad SMARTS) is 1. The Kier molecular flexibility index (Phi) is 8.22. The van der Waals surface area contributed by atoms with Gasteiger partial charge in [-0.1, -0.05) is 30.3 Å². The van der Waals surface area contributed by atoms with Crippen molar-refractivity contribution < 1.29 is 24.6 Å². The molecule has 1 aromatic rings. The number of hydrogen-bond acceptors (Lipinski definition) is 5. The quantitative estimate of drug-likeness (QED) is 0.584. The normalized spacial score (nSPS) is 24.2. The number of rotatable bonds is 5. The van der Waals surface area contributed by atoms with E-state index in [-0.39, 0.29) is 18.4 Å². The predicted octanol–water partition coefficient (Wildman–Crippen LogP) is 2.43. The number of carbonyl (C=O) groups excluding carboxylic acids is 1. The summed E-state index contributed by atoms with van der Waals surface area (Å²) in [6.45, 7) is 0.837. The summed E-state index contributed by atoms with van der Waals surface area (Å²) < 4.78 is 5.27. The number of amides is 1. The van der Waals surface area contributed by atoms with Gasteiger partial charge < -0.3 is 20.4 Å². The SMILES string of the molecule is NO.O=C(CC1(C(=O)O)CCOCC1)NC1CCC(c2ccccc2)CC1. The van der Waals surface area contributed by atoms with Gasteiger partial charge in [-0.05, 0) is 50.0 Å². The van der Waals surface area contributed by atoms with Crippen molar-refractivity contribution in [3.63, 3.8) is 0 Å². The fourth-order valence-corrected chi connectivity index (χ4v) is 4.11. The summed E-state index contributed by atoms with van der Waals surface area (Å²) in [5.41, 5.74) is 0.420. The first-order valence-electron chi connectivity index (χ1n) is 9.50. The van der Waals surface area contributed by atoms with E-state index in [1.54, 1.807) is 0 Å². The standard InChI is InChI=1S/C20H27NO4.H3NO/c22-18(14-20(19(23)24)10-12-25-13-11-20)21-17-8-6-16(7-9-17)15-4-2-1-3-5-15;1-2/h1-5,16-17H,6-14H2,(H,21,22)(H,23,24);2H,1H2. The molecule has 27 heavy (non-hydrogen) atoms. The fourth-order valence-electron chi connectivity index (χ4n) is 4.11. The van der Waals surface area contributed by atoms with Crippen LogP contribution in [0.4, 0.5) is 0 Å². The first-order chi connectivity index (χ1) is 13.1. The largest absolute Gasteiger partial charge is 0.481 e. The van der Waals surface area contributed by atoms with Gasteiger partial charge in [0, 0.05) is 25.7 Å². The van der Waals surface area contributed by atoms with Crippen molar-refractivity contribution in [1.82, 2.24) is 5.32 Å². The second-order valence-corrected chi connectivity index (χ2v) is 7.40. The molecule has 0 spiro atoms. The Hall–Kier alpha value is -1.96. The van der Waals surface area contributed by atoms with Gasteiger partial charge in [0.2, 0.25) is 5.91 Å². The van der Waals surface area contributed by atoms with Gasteiger partial charge in [-0.25, -0.2) is 5.90 Å². The minimum Gasteiger partial charge on any atom is -0.481 e. The summed E-state index contributed by atoms with van der Waals surface area (Å²) in [4.78, 5) is 24.1. The van der Waals surface area contributed by atoms with Gasteiger partial charge in [0.05, 0.1) is 5.41 Å². The number of nitrogens with two attached hydrogens (primary N) is 1. The molecule has 0 unspecified atom stereocenters. The number of carboxylic acids is 1. The molecular weight excluding hydrogens is 348 g/mol. The van der Waals surface area contributed by atoms with Crippen molar-refractivity contribution >= 4 is 11.9 Å². The molecule has 0 radical (unpaired) electrons. The maximum atomic E-state index is 12.4. The van der Waals surface area contributed by atoms with Crippen LogP contribution < -0.4 is 11.2 Å². The van der Waals surface area contributed by atoms with E-state index in [4.69, 9.17) is 9.94 Å². The fraction of sp³-hybridized carbons (Fsp3) is 0.600. The zero-order valence-electron chi connectivity index (χ0n) is 15.6. The molecule has 5 N–H and O–H groups in total. The second-order valence-electron chi connectivity index (χ2n) is 7.40. The van der Waals surface area contributed by atoms with Gasteiger partial charge in [-0.3, -0.25) is 9.59 Å². The Balaban J connectivity index is 0.00000126. The van der Waals surface area contributed by atoms with Crippen LogP contribution in [0.15, 0.2) is 30.3 Å². The molecule has 1 amide bonds. The molecule has 1 saturated heterocycles. The van der Waals surface area contributed by atoms with E-state index >= 15 is 0 Å². The molecule has 0 aromatic heterocycles. The third-order valence-corrected chi connectivity index (χ3v) is 5.77. The molecule has 3 rings (SSSR count). The molecular formula is C20H30N2O5. The summed E-state index contributed by atoms with van der Waals surface area (Å²) in [5.74, 6) is 3.06. The van der Waals surface area contributed by atoms with Crippen molar-refractivity contribution in [2.24, 2.45) is 11.3 Å². The zero-order valence-corrected chi connectivity index (χ0v) is 15.6. The number of nitrogens with one attached hydrogen (secondary N) is 1. The van der Waals surface area contributed by atoms with Gasteiger partial charge >= 0.3 is 5.97 Å².